The van der Waals surface area contributed by atoms with Gasteiger partial charge in [0, 0.05) is 5.56 Å². The molecular weight excluding hydrogens is 263 g/mol. The summed E-state index contributed by atoms with van der Waals surface area (Å²) in [5.41, 5.74) is 1.86. The van der Waals surface area contributed by atoms with E-state index in [9.17, 15) is 0 Å². The van der Waals surface area contributed by atoms with Crippen LogP contribution in [0.3, 0.4) is 0 Å². The van der Waals surface area contributed by atoms with Gasteiger partial charge in [-0.3, -0.25) is 0 Å². The molecule has 1 aliphatic heterocycles. The number of hydrogen-bond donors (Lipinski definition) is 0. The first kappa shape index (κ1) is 14.2. The monoisotopic (exact) mass is 282 g/mol. The molecule has 2 heterocycles. The standard InChI is InChI=1S/C16H19BN2O2/c1-15(2)16(3,4)21-17(20-15)14-11-10-13(18-19-14)12-8-6-5-7-9-12/h5-11H,1-4H3. The van der Waals surface area contributed by atoms with Crippen molar-refractivity contribution >= 4 is 12.7 Å². The molecule has 0 aliphatic carbocycles. The van der Waals surface area contributed by atoms with Gasteiger partial charge in [-0.25, -0.2) is 0 Å². The molecule has 1 aromatic heterocycles. The van der Waals surface area contributed by atoms with Crippen molar-refractivity contribution in [3.8, 4) is 11.3 Å². The molecule has 0 spiro atoms. The molecule has 1 saturated heterocycles. The van der Waals surface area contributed by atoms with Gasteiger partial charge in [0.1, 0.15) is 0 Å². The van der Waals surface area contributed by atoms with Crippen molar-refractivity contribution in [2.24, 2.45) is 0 Å². The second-order valence-corrected chi connectivity index (χ2v) is 6.30. The number of aromatic nitrogens is 2. The second kappa shape index (κ2) is 4.93. The van der Waals surface area contributed by atoms with Crippen molar-refractivity contribution in [3.05, 3.63) is 42.5 Å². The molecule has 0 bridgehead atoms. The Morgan fingerprint density at radius 1 is 0.810 bits per heavy atom. The van der Waals surface area contributed by atoms with Crippen molar-refractivity contribution in [2.75, 3.05) is 0 Å². The van der Waals surface area contributed by atoms with E-state index in [0.717, 1.165) is 11.3 Å². The summed E-state index contributed by atoms with van der Waals surface area (Å²) in [6.07, 6.45) is 0. The van der Waals surface area contributed by atoms with Gasteiger partial charge in [0.2, 0.25) is 0 Å². The maximum atomic E-state index is 5.97. The molecule has 0 unspecified atom stereocenters. The van der Waals surface area contributed by atoms with Crippen LogP contribution in [0.1, 0.15) is 27.7 Å². The molecule has 3 rings (SSSR count). The van der Waals surface area contributed by atoms with E-state index in [1.807, 2.05) is 70.2 Å². The van der Waals surface area contributed by atoms with Gasteiger partial charge >= 0.3 is 7.12 Å². The smallest absolute Gasteiger partial charge is 0.398 e. The van der Waals surface area contributed by atoms with Crippen molar-refractivity contribution in [1.29, 1.82) is 0 Å². The summed E-state index contributed by atoms with van der Waals surface area (Å²) < 4.78 is 11.9. The zero-order valence-corrected chi connectivity index (χ0v) is 12.8. The lowest BCUT2D eigenvalue weighted by Gasteiger charge is -2.32. The van der Waals surface area contributed by atoms with Crippen LogP contribution in [-0.4, -0.2) is 28.5 Å². The molecule has 0 N–H and O–H groups in total. The fourth-order valence-electron chi connectivity index (χ4n) is 2.19. The Balaban J connectivity index is 1.83. The van der Waals surface area contributed by atoms with Crippen LogP contribution in [-0.2, 0) is 9.31 Å². The predicted octanol–water partition coefficient (Wildman–Crippen LogP) is 2.44. The fraction of sp³-hybridized carbons (Fsp3) is 0.375. The molecule has 5 heteroatoms. The Morgan fingerprint density at radius 2 is 1.43 bits per heavy atom. The van der Waals surface area contributed by atoms with Gasteiger partial charge in [0.05, 0.1) is 22.5 Å². The minimum absolute atomic E-state index is 0.364. The highest BCUT2D eigenvalue weighted by Gasteiger charge is 2.52. The molecule has 0 amide bonds. The van der Waals surface area contributed by atoms with Crippen LogP contribution >= 0.6 is 0 Å². The first-order chi connectivity index (χ1) is 9.89. The van der Waals surface area contributed by atoms with Gasteiger partial charge in [-0.1, -0.05) is 30.3 Å². The predicted molar refractivity (Wildman–Crippen MR) is 83.2 cm³/mol. The van der Waals surface area contributed by atoms with Crippen molar-refractivity contribution in [1.82, 2.24) is 10.2 Å². The van der Waals surface area contributed by atoms with Gasteiger partial charge in [-0.05, 0) is 39.8 Å². The van der Waals surface area contributed by atoms with E-state index in [2.05, 4.69) is 10.2 Å². The van der Waals surface area contributed by atoms with E-state index in [4.69, 9.17) is 9.31 Å². The maximum absolute atomic E-state index is 5.97. The highest BCUT2D eigenvalue weighted by molar-refractivity contribution is 6.61. The summed E-state index contributed by atoms with van der Waals surface area (Å²) in [6.45, 7) is 8.11. The summed E-state index contributed by atoms with van der Waals surface area (Å²) in [4.78, 5) is 0. The van der Waals surface area contributed by atoms with Gasteiger partial charge in [-0.15, -0.1) is 0 Å². The molecule has 108 valence electrons. The Labute approximate surface area is 125 Å². The van der Waals surface area contributed by atoms with Crippen molar-refractivity contribution in [3.63, 3.8) is 0 Å². The Hall–Kier alpha value is -1.72. The summed E-state index contributed by atoms with van der Waals surface area (Å²) >= 11 is 0. The van der Waals surface area contributed by atoms with E-state index in [1.165, 1.54) is 0 Å². The molecule has 1 aromatic carbocycles. The summed E-state index contributed by atoms with van der Waals surface area (Å²) in [5.74, 6) is 0. The maximum Gasteiger partial charge on any atom is 0.516 e. The molecule has 1 fully saturated rings. The van der Waals surface area contributed by atoms with E-state index in [-0.39, 0.29) is 11.2 Å². The third kappa shape index (κ3) is 2.59. The lowest BCUT2D eigenvalue weighted by atomic mass is 9.84. The Bertz CT molecular complexity index is 610. The highest BCUT2D eigenvalue weighted by Crippen LogP contribution is 2.36. The van der Waals surface area contributed by atoms with E-state index < -0.39 is 7.12 Å². The first-order valence-corrected chi connectivity index (χ1v) is 7.14. The lowest BCUT2D eigenvalue weighted by Crippen LogP contribution is -2.41. The molecular formula is C16H19BN2O2. The average molecular weight is 282 g/mol. The third-order valence-corrected chi connectivity index (χ3v) is 4.25. The van der Waals surface area contributed by atoms with Gasteiger partial charge in [0.15, 0.2) is 0 Å². The largest absolute Gasteiger partial charge is 0.516 e. The van der Waals surface area contributed by atoms with Crippen molar-refractivity contribution < 1.29 is 9.31 Å². The Morgan fingerprint density at radius 3 is 1.95 bits per heavy atom. The van der Waals surface area contributed by atoms with Crippen LogP contribution in [0.25, 0.3) is 11.3 Å². The number of nitrogens with zero attached hydrogens (tertiary/aromatic N) is 2. The van der Waals surface area contributed by atoms with E-state index >= 15 is 0 Å². The van der Waals surface area contributed by atoms with Crippen molar-refractivity contribution in [2.45, 2.75) is 38.9 Å². The fourth-order valence-corrected chi connectivity index (χ4v) is 2.19. The zero-order chi connectivity index (χ0) is 15.1. The molecule has 0 radical (unpaired) electrons. The zero-order valence-electron chi connectivity index (χ0n) is 12.8. The third-order valence-electron chi connectivity index (χ3n) is 4.25. The first-order valence-electron chi connectivity index (χ1n) is 7.14. The minimum atomic E-state index is -0.465. The van der Waals surface area contributed by atoms with Gasteiger partial charge < -0.3 is 9.31 Å². The quantitative estimate of drug-likeness (QED) is 0.794. The van der Waals surface area contributed by atoms with Gasteiger partial charge in [-0.2, -0.15) is 10.2 Å². The van der Waals surface area contributed by atoms with Crippen LogP contribution in [0, 0.1) is 0 Å². The van der Waals surface area contributed by atoms with E-state index in [0.29, 0.717) is 5.59 Å². The van der Waals surface area contributed by atoms with Crippen LogP contribution < -0.4 is 5.59 Å². The minimum Gasteiger partial charge on any atom is -0.398 e. The van der Waals surface area contributed by atoms with Crippen LogP contribution in [0.4, 0.5) is 0 Å². The van der Waals surface area contributed by atoms with E-state index in [1.54, 1.807) is 0 Å². The number of benzene rings is 1. The molecule has 4 nitrogen and oxygen atoms in total. The van der Waals surface area contributed by atoms with Crippen LogP contribution in [0.15, 0.2) is 42.5 Å². The Kier molecular flexibility index (Phi) is 3.34. The molecule has 1 aliphatic rings. The average Bonchev–Trinajstić information content (AvgIpc) is 2.69. The SMILES string of the molecule is CC1(C)OB(c2ccc(-c3ccccc3)nn2)OC1(C)C. The molecule has 0 saturated carbocycles. The summed E-state index contributed by atoms with van der Waals surface area (Å²) in [6, 6.07) is 13.8. The lowest BCUT2D eigenvalue weighted by molar-refractivity contribution is 0.00578. The van der Waals surface area contributed by atoms with Crippen LogP contribution in [0.5, 0.6) is 0 Å². The van der Waals surface area contributed by atoms with Crippen LogP contribution in [0.2, 0.25) is 0 Å². The second-order valence-electron chi connectivity index (χ2n) is 6.30. The topological polar surface area (TPSA) is 44.2 Å². The number of hydrogen-bond acceptors (Lipinski definition) is 4. The summed E-state index contributed by atoms with van der Waals surface area (Å²) in [5, 5.41) is 8.55. The summed E-state index contributed by atoms with van der Waals surface area (Å²) in [7, 11) is -0.465. The normalized spacial score (nSPS) is 19.7. The highest BCUT2D eigenvalue weighted by atomic mass is 16.7. The molecule has 2 aromatic rings. The van der Waals surface area contributed by atoms with Gasteiger partial charge in [0.25, 0.3) is 0 Å². The molecule has 0 atom stereocenters. The number of rotatable bonds is 2. The molecule has 21 heavy (non-hydrogen) atoms.